The van der Waals surface area contributed by atoms with Gasteiger partial charge in [0.15, 0.2) is 0 Å². The van der Waals surface area contributed by atoms with Crippen LogP contribution in [-0.2, 0) is 6.42 Å². The van der Waals surface area contributed by atoms with E-state index >= 15 is 0 Å². The predicted molar refractivity (Wildman–Crippen MR) is 79.8 cm³/mol. The molecule has 0 aliphatic rings. The number of rotatable bonds is 4. The number of aromatic nitrogens is 4. The third-order valence-corrected chi connectivity index (χ3v) is 3.07. The fourth-order valence-corrected chi connectivity index (χ4v) is 2.07. The highest BCUT2D eigenvalue weighted by Crippen LogP contribution is 2.22. The summed E-state index contributed by atoms with van der Waals surface area (Å²) in [6, 6.07) is 9.67. The Morgan fingerprint density at radius 1 is 1.19 bits per heavy atom. The number of aryl methyl sites for hydroxylation is 2. The minimum absolute atomic E-state index is 0.571. The second kappa shape index (κ2) is 5.75. The van der Waals surface area contributed by atoms with E-state index in [-0.39, 0.29) is 0 Å². The highest BCUT2D eigenvalue weighted by molar-refractivity contribution is 5.40. The third-order valence-electron chi connectivity index (χ3n) is 3.07. The van der Waals surface area contributed by atoms with Gasteiger partial charge in [0, 0.05) is 30.2 Å². The van der Waals surface area contributed by atoms with E-state index in [9.17, 15) is 0 Å². The number of ether oxygens (including phenoxy) is 1. The van der Waals surface area contributed by atoms with Gasteiger partial charge in [-0.25, -0.2) is 9.97 Å². The van der Waals surface area contributed by atoms with Crippen molar-refractivity contribution >= 4 is 0 Å². The molecule has 106 valence electrons. The number of nitrogens with zero attached hydrogens (tertiary/aromatic N) is 4. The Hall–Kier alpha value is -2.69. The number of hydrogen-bond donors (Lipinski definition) is 0. The average molecular weight is 280 g/mol. The molecule has 3 aromatic rings. The fourth-order valence-electron chi connectivity index (χ4n) is 2.07. The van der Waals surface area contributed by atoms with Crippen molar-refractivity contribution in [1.82, 2.24) is 19.5 Å². The Morgan fingerprint density at radius 3 is 2.86 bits per heavy atom. The zero-order chi connectivity index (χ0) is 14.7. The lowest BCUT2D eigenvalue weighted by molar-refractivity contribution is 0.458. The molecule has 0 atom stereocenters. The minimum atomic E-state index is 0.571. The van der Waals surface area contributed by atoms with Gasteiger partial charge in [-0.3, -0.25) is 0 Å². The maximum absolute atomic E-state index is 5.86. The molecule has 3 rings (SSSR count). The summed E-state index contributed by atoms with van der Waals surface area (Å²) in [6.45, 7) is 3.93. The molecule has 0 radical (unpaired) electrons. The highest BCUT2D eigenvalue weighted by atomic mass is 16.5. The van der Waals surface area contributed by atoms with Crippen LogP contribution >= 0.6 is 0 Å². The molecule has 0 aliphatic heterocycles. The van der Waals surface area contributed by atoms with Crippen molar-refractivity contribution < 1.29 is 4.74 Å². The maximum atomic E-state index is 5.86. The van der Waals surface area contributed by atoms with Crippen molar-refractivity contribution in [2.45, 2.75) is 20.3 Å². The Kier molecular flexibility index (Phi) is 3.64. The Morgan fingerprint density at radius 2 is 2.10 bits per heavy atom. The van der Waals surface area contributed by atoms with E-state index in [0.717, 1.165) is 29.4 Å². The SMILES string of the molecule is CCc1cc(Oc2cccc(-n3ccnc3)c2)nc(C)n1. The maximum Gasteiger partial charge on any atom is 0.222 e. The van der Waals surface area contributed by atoms with Crippen LogP contribution in [0.5, 0.6) is 11.6 Å². The van der Waals surface area contributed by atoms with E-state index in [1.165, 1.54) is 0 Å². The average Bonchev–Trinajstić information content (AvgIpc) is 3.01. The second-order valence-corrected chi connectivity index (χ2v) is 4.67. The molecule has 0 saturated heterocycles. The molecule has 2 aromatic heterocycles. The molecular weight excluding hydrogens is 264 g/mol. The van der Waals surface area contributed by atoms with Crippen LogP contribution in [0.15, 0.2) is 49.1 Å². The smallest absolute Gasteiger partial charge is 0.222 e. The van der Waals surface area contributed by atoms with Gasteiger partial charge in [-0.15, -0.1) is 0 Å². The summed E-state index contributed by atoms with van der Waals surface area (Å²) in [7, 11) is 0. The first-order valence-electron chi connectivity index (χ1n) is 6.85. The van der Waals surface area contributed by atoms with Crippen molar-refractivity contribution in [2.75, 3.05) is 0 Å². The first-order chi connectivity index (χ1) is 10.2. The molecule has 2 heterocycles. The summed E-state index contributed by atoms with van der Waals surface area (Å²) in [6.07, 6.45) is 6.25. The summed E-state index contributed by atoms with van der Waals surface area (Å²) in [5, 5.41) is 0. The number of benzene rings is 1. The van der Waals surface area contributed by atoms with Crippen molar-refractivity contribution in [1.29, 1.82) is 0 Å². The molecule has 1 aromatic carbocycles. The van der Waals surface area contributed by atoms with Gasteiger partial charge in [0.2, 0.25) is 5.88 Å². The topological polar surface area (TPSA) is 52.8 Å². The summed E-state index contributed by atoms with van der Waals surface area (Å²) in [4.78, 5) is 12.7. The second-order valence-electron chi connectivity index (χ2n) is 4.67. The molecule has 0 fully saturated rings. The van der Waals surface area contributed by atoms with Crippen LogP contribution in [-0.4, -0.2) is 19.5 Å². The Balaban J connectivity index is 1.88. The molecule has 0 aliphatic carbocycles. The van der Waals surface area contributed by atoms with Crippen molar-refractivity contribution in [3.8, 4) is 17.3 Å². The monoisotopic (exact) mass is 280 g/mol. The lowest BCUT2D eigenvalue weighted by Crippen LogP contribution is -1.98. The molecule has 0 spiro atoms. The van der Waals surface area contributed by atoms with E-state index in [2.05, 4.69) is 21.9 Å². The molecule has 5 heteroatoms. The lowest BCUT2D eigenvalue weighted by Gasteiger charge is -2.09. The van der Waals surface area contributed by atoms with Gasteiger partial charge in [0.1, 0.15) is 11.6 Å². The summed E-state index contributed by atoms with van der Waals surface area (Å²) < 4.78 is 7.78. The molecule has 0 saturated carbocycles. The van der Waals surface area contributed by atoms with Crippen LogP contribution in [0.1, 0.15) is 18.4 Å². The first kappa shape index (κ1) is 13.3. The van der Waals surface area contributed by atoms with Crippen molar-refractivity contribution in [3.63, 3.8) is 0 Å². The van der Waals surface area contributed by atoms with Crippen molar-refractivity contribution in [3.05, 3.63) is 60.6 Å². The van der Waals surface area contributed by atoms with Gasteiger partial charge >= 0.3 is 0 Å². The van der Waals surface area contributed by atoms with Crippen LogP contribution in [0.4, 0.5) is 0 Å². The summed E-state index contributed by atoms with van der Waals surface area (Å²) in [5.74, 6) is 2.03. The number of hydrogen-bond acceptors (Lipinski definition) is 4. The van der Waals surface area contributed by atoms with Gasteiger partial charge in [-0.1, -0.05) is 13.0 Å². The fraction of sp³-hybridized carbons (Fsp3) is 0.188. The van der Waals surface area contributed by atoms with Crippen LogP contribution in [0, 0.1) is 6.92 Å². The molecular formula is C16H16N4O. The number of imidazole rings is 1. The van der Waals surface area contributed by atoms with Gasteiger partial charge in [0.25, 0.3) is 0 Å². The molecule has 0 N–H and O–H groups in total. The summed E-state index contributed by atoms with van der Waals surface area (Å²) in [5.41, 5.74) is 1.97. The van der Waals surface area contributed by atoms with Crippen LogP contribution in [0.3, 0.4) is 0 Å². The van der Waals surface area contributed by atoms with Crippen molar-refractivity contribution in [2.24, 2.45) is 0 Å². The highest BCUT2D eigenvalue weighted by Gasteiger charge is 2.04. The standard InChI is InChI=1S/C16H16N4O/c1-3-13-9-16(19-12(2)18-13)21-15-6-4-5-14(10-15)20-8-7-17-11-20/h4-11H,3H2,1-2H3. The largest absolute Gasteiger partial charge is 0.439 e. The molecule has 0 amide bonds. The predicted octanol–water partition coefficient (Wildman–Crippen LogP) is 3.33. The first-order valence-corrected chi connectivity index (χ1v) is 6.85. The normalized spacial score (nSPS) is 10.6. The van der Waals surface area contributed by atoms with Crippen LogP contribution in [0.2, 0.25) is 0 Å². The molecule has 0 bridgehead atoms. The Labute approximate surface area is 123 Å². The molecule has 21 heavy (non-hydrogen) atoms. The van der Waals surface area contributed by atoms with Gasteiger partial charge in [0.05, 0.1) is 12.0 Å². The van der Waals surface area contributed by atoms with Gasteiger partial charge in [-0.05, 0) is 25.5 Å². The van der Waals surface area contributed by atoms with Crippen LogP contribution < -0.4 is 4.74 Å². The van der Waals surface area contributed by atoms with E-state index in [1.807, 2.05) is 48.0 Å². The van der Waals surface area contributed by atoms with E-state index < -0.39 is 0 Å². The van der Waals surface area contributed by atoms with Crippen LogP contribution in [0.25, 0.3) is 5.69 Å². The quantitative estimate of drug-likeness (QED) is 0.735. The Bertz CT molecular complexity index is 738. The minimum Gasteiger partial charge on any atom is -0.439 e. The van der Waals surface area contributed by atoms with E-state index in [4.69, 9.17) is 4.74 Å². The summed E-state index contributed by atoms with van der Waals surface area (Å²) >= 11 is 0. The van der Waals surface area contributed by atoms with Gasteiger partial charge < -0.3 is 9.30 Å². The molecule has 0 unspecified atom stereocenters. The van der Waals surface area contributed by atoms with Gasteiger partial charge in [-0.2, -0.15) is 4.98 Å². The zero-order valence-electron chi connectivity index (χ0n) is 12.0. The van der Waals surface area contributed by atoms with E-state index in [1.54, 1.807) is 12.5 Å². The lowest BCUT2D eigenvalue weighted by atomic mass is 10.3. The molecule has 5 nitrogen and oxygen atoms in total. The van der Waals surface area contributed by atoms with E-state index in [0.29, 0.717) is 5.88 Å². The third kappa shape index (κ3) is 3.08. The zero-order valence-corrected chi connectivity index (χ0v) is 12.0.